The van der Waals surface area contributed by atoms with Crippen LogP contribution in [0.25, 0.3) is 0 Å². The molecule has 6 nitrogen and oxygen atoms in total. The normalized spacial score (nSPS) is 14.6. The molecule has 1 aliphatic heterocycles. The molecule has 2 amide bonds. The van der Waals surface area contributed by atoms with Gasteiger partial charge >= 0.3 is 12.2 Å². The Morgan fingerprint density at radius 3 is 2.29 bits per heavy atom. The van der Waals surface area contributed by atoms with E-state index in [1.165, 1.54) is 6.42 Å². The second-order valence-electron chi connectivity index (χ2n) is 4.47. The van der Waals surface area contributed by atoms with Crippen molar-refractivity contribution < 1.29 is 19.1 Å². The Bertz CT molecular complexity index is 313. The third kappa shape index (κ3) is 8.98. The van der Waals surface area contributed by atoms with Crippen molar-refractivity contribution in [3.05, 3.63) is 0 Å². The molecule has 1 aliphatic rings. The Morgan fingerprint density at radius 1 is 1.05 bits per heavy atom. The van der Waals surface area contributed by atoms with Crippen molar-refractivity contribution >= 4 is 33.8 Å². The minimum absolute atomic E-state index is 0.195. The third-order valence-electron chi connectivity index (χ3n) is 2.81. The zero-order valence-corrected chi connectivity index (χ0v) is 14.1. The van der Waals surface area contributed by atoms with Gasteiger partial charge in [-0.1, -0.05) is 21.6 Å². The maximum absolute atomic E-state index is 11.7. The van der Waals surface area contributed by atoms with Crippen molar-refractivity contribution in [3.8, 4) is 0 Å². The number of piperidine rings is 1. The summed E-state index contributed by atoms with van der Waals surface area (Å²) in [4.78, 5) is 24.5. The van der Waals surface area contributed by atoms with Gasteiger partial charge in [0.25, 0.3) is 0 Å². The van der Waals surface area contributed by atoms with E-state index in [2.05, 4.69) is 5.32 Å². The highest BCUT2D eigenvalue weighted by molar-refractivity contribution is 8.76. The zero-order valence-electron chi connectivity index (χ0n) is 12.5. The van der Waals surface area contributed by atoms with Gasteiger partial charge in [0.1, 0.15) is 13.2 Å². The van der Waals surface area contributed by atoms with Gasteiger partial charge in [0.15, 0.2) is 0 Å². The average Bonchev–Trinajstić information content (AvgIpc) is 2.51. The van der Waals surface area contributed by atoms with Crippen molar-refractivity contribution in [3.63, 3.8) is 0 Å². The molecule has 0 aromatic heterocycles. The fourth-order valence-electron chi connectivity index (χ4n) is 1.81. The number of ether oxygens (including phenoxy) is 2. The van der Waals surface area contributed by atoms with E-state index in [-0.39, 0.29) is 12.2 Å². The Labute approximate surface area is 134 Å². The molecule has 0 aromatic carbocycles. The fraction of sp³-hybridized carbons (Fsp3) is 0.846. The minimum atomic E-state index is -0.376. The van der Waals surface area contributed by atoms with E-state index in [1.807, 2.05) is 6.92 Å². The molecule has 1 heterocycles. The van der Waals surface area contributed by atoms with Crippen LogP contribution >= 0.6 is 21.6 Å². The Hall–Kier alpha value is -0.760. The van der Waals surface area contributed by atoms with E-state index in [1.54, 1.807) is 26.5 Å². The Morgan fingerprint density at radius 2 is 1.67 bits per heavy atom. The van der Waals surface area contributed by atoms with E-state index >= 15 is 0 Å². The number of hydrogen-bond acceptors (Lipinski definition) is 6. The average molecular weight is 336 g/mol. The highest BCUT2D eigenvalue weighted by atomic mass is 33.1. The van der Waals surface area contributed by atoms with Crippen molar-refractivity contribution in [1.29, 1.82) is 0 Å². The summed E-state index contributed by atoms with van der Waals surface area (Å²) in [7, 11) is 3.22. The molecule has 0 atom stereocenters. The van der Waals surface area contributed by atoms with E-state index in [0.29, 0.717) is 19.8 Å². The number of hydrogen-bond donors (Lipinski definition) is 1. The topological polar surface area (TPSA) is 67.9 Å². The first-order valence-electron chi connectivity index (χ1n) is 7.30. The number of carbonyl (C=O) groups is 2. The van der Waals surface area contributed by atoms with Gasteiger partial charge < -0.3 is 19.7 Å². The number of rotatable bonds is 8. The summed E-state index contributed by atoms with van der Waals surface area (Å²) in [5, 5.41) is 2.56. The van der Waals surface area contributed by atoms with Gasteiger partial charge in [0.2, 0.25) is 0 Å². The molecule has 0 spiro atoms. The zero-order chi connectivity index (χ0) is 15.3. The van der Waals surface area contributed by atoms with E-state index in [9.17, 15) is 9.59 Å². The third-order valence-corrected chi connectivity index (χ3v) is 5.14. The van der Waals surface area contributed by atoms with Crippen LogP contribution in [0, 0.1) is 0 Å². The van der Waals surface area contributed by atoms with Crippen molar-refractivity contribution in [1.82, 2.24) is 10.2 Å². The van der Waals surface area contributed by atoms with Crippen LogP contribution in [0.1, 0.15) is 26.2 Å². The van der Waals surface area contributed by atoms with Crippen molar-refractivity contribution in [2.75, 3.05) is 44.4 Å². The van der Waals surface area contributed by atoms with Crippen molar-refractivity contribution in [2.45, 2.75) is 26.2 Å². The van der Waals surface area contributed by atoms with E-state index < -0.39 is 0 Å². The predicted molar refractivity (Wildman–Crippen MR) is 86.7 cm³/mol. The lowest BCUT2D eigenvalue weighted by Crippen LogP contribution is -2.36. The second-order valence-corrected chi connectivity index (χ2v) is 7.17. The van der Waals surface area contributed by atoms with Gasteiger partial charge in [0.05, 0.1) is 0 Å². The smallest absolute Gasteiger partial charge is 0.409 e. The van der Waals surface area contributed by atoms with Crippen LogP contribution in [-0.4, -0.2) is 61.4 Å². The molecule has 0 radical (unpaired) electrons. The maximum Gasteiger partial charge on any atom is 0.409 e. The van der Waals surface area contributed by atoms with Crippen molar-refractivity contribution in [2.24, 2.45) is 0 Å². The summed E-state index contributed by atoms with van der Waals surface area (Å²) in [5.41, 5.74) is 0. The monoisotopic (exact) mass is 336 g/mol. The molecule has 0 bridgehead atoms. The molecule has 122 valence electrons. The first-order valence-corrected chi connectivity index (χ1v) is 9.79. The highest BCUT2D eigenvalue weighted by Gasteiger charge is 2.17. The van der Waals surface area contributed by atoms with Crippen LogP contribution in [0.2, 0.25) is 0 Å². The number of alkyl carbamates (subject to hydrolysis) is 1. The first kappa shape index (κ1) is 18.3. The Kier molecular flexibility index (Phi) is 10.3. The van der Waals surface area contributed by atoms with Gasteiger partial charge in [-0.2, -0.15) is 0 Å². The molecule has 1 rings (SSSR count). The number of likely N-dealkylation sites (tertiary alicyclic amines) is 1. The summed E-state index contributed by atoms with van der Waals surface area (Å²) in [6.45, 7) is 4.86. The molecular formula is C13H24N2O4S2. The number of amides is 2. The Balaban J connectivity index is 1.88. The largest absolute Gasteiger partial charge is 0.449 e. The van der Waals surface area contributed by atoms with Crippen LogP contribution in [0.15, 0.2) is 0 Å². The molecule has 0 unspecified atom stereocenters. The van der Waals surface area contributed by atoms with Gasteiger partial charge in [-0.15, -0.1) is 0 Å². The number of nitrogens with one attached hydrogen (secondary N) is 1. The molecule has 0 aromatic rings. The molecule has 21 heavy (non-hydrogen) atoms. The summed E-state index contributed by atoms with van der Waals surface area (Å²) in [6, 6.07) is 0. The van der Waals surface area contributed by atoms with E-state index in [0.717, 1.165) is 37.4 Å². The molecule has 1 fully saturated rings. The molecular weight excluding hydrogens is 312 g/mol. The molecule has 8 heteroatoms. The lowest BCUT2D eigenvalue weighted by Gasteiger charge is -2.25. The summed E-state index contributed by atoms with van der Waals surface area (Å²) < 4.78 is 10.1. The second kappa shape index (κ2) is 11.9. The fourth-order valence-corrected chi connectivity index (χ4v) is 3.47. The van der Waals surface area contributed by atoms with Crippen LogP contribution < -0.4 is 5.32 Å². The molecule has 0 saturated carbocycles. The SMILES string of the molecule is CCNC(=O)OCCSSCCOC(=O)N1CCCCC1. The summed E-state index contributed by atoms with van der Waals surface area (Å²) >= 11 is 0. The van der Waals surface area contributed by atoms with E-state index in [4.69, 9.17) is 9.47 Å². The minimum Gasteiger partial charge on any atom is -0.449 e. The van der Waals surface area contributed by atoms with Gasteiger partial charge in [-0.3, -0.25) is 0 Å². The predicted octanol–water partition coefficient (Wildman–Crippen LogP) is 2.74. The lowest BCUT2D eigenvalue weighted by atomic mass is 10.1. The van der Waals surface area contributed by atoms with Crippen LogP contribution in [-0.2, 0) is 9.47 Å². The summed E-state index contributed by atoms with van der Waals surface area (Å²) in [6.07, 6.45) is 2.78. The molecule has 0 aliphatic carbocycles. The lowest BCUT2D eigenvalue weighted by molar-refractivity contribution is 0.101. The van der Waals surface area contributed by atoms with Crippen LogP contribution in [0.3, 0.4) is 0 Å². The van der Waals surface area contributed by atoms with Crippen LogP contribution in [0.5, 0.6) is 0 Å². The van der Waals surface area contributed by atoms with Gasteiger partial charge in [-0.05, 0) is 26.2 Å². The highest BCUT2D eigenvalue weighted by Crippen LogP contribution is 2.20. The number of nitrogens with zero attached hydrogens (tertiary/aromatic N) is 1. The first-order chi connectivity index (χ1) is 10.2. The van der Waals surface area contributed by atoms with Crippen LogP contribution in [0.4, 0.5) is 9.59 Å². The summed E-state index contributed by atoms with van der Waals surface area (Å²) in [5.74, 6) is 1.47. The standard InChI is InChI=1S/C13H24N2O4S2/c1-2-14-12(16)18-8-10-20-21-11-9-19-13(17)15-6-4-3-5-7-15/h2-11H2,1H3,(H,14,16). The number of carbonyl (C=O) groups excluding carboxylic acids is 2. The maximum atomic E-state index is 11.7. The molecule has 1 N–H and O–H groups in total. The quantitative estimate of drug-likeness (QED) is 0.543. The van der Waals surface area contributed by atoms with Gasteiger partial charge in [0, 0.05) is 31.1 Å². The van der Waals surface area contributed by atoms with Gasteiger partial charge in [-0.25, -0.2) is 9.59 Å². The molecule has 1 saturated heterocycles.